The molecule has 1 fully saturated rings. The molecule has 1 aromatic carbocycles. The molecule has 9 heteroatoms. The van der Waals surface area contributed by atoms with Gasteiger partial charge in [0, 0.05) is 43.5 Å². The molecule has 1 amide bonds. The molecule has 6 nitrogen and oxygen atoms in total. The van der Waals surface area contributed by atoms with Gasteiger partial charge in [-0.25, -0.2) is 0 Å². The van der Waals surface area contributed by atoms with Crippen LogP contribution in [0, 0.1) is 0 Å². The molecule has 3 aromatic rings. The summed E-state index contributed by atoms with van der Waals surface area (Å²) in [5.74, 6) is 0.269. The van der Waals surface area contributed by atoms with Crippen LogP contribution >= 0.6 is 0 Å². The highest BCUT2D eigenvalue weighted by molar-refractivity contribution is 5.94. The number of benzene rings is 1. The third kappa shape index (κ3) is 5.04. The zero-order valence-corrected chi connectivity index (χ0v) is 16.6. The van der Waals surface area contributed by atoms with Crippen LogP contribution in [0.1, 0.15) is 39.6 Å². The van der Waals surface area contributed by atoms with Crippen LogP contribution in [0.3, 0.4) is 0 Å². The lowest BCUT2D eigenvalue weighted by Gasteiger charge is -2.15. The highest BCUT2D eigenvalue weighted by atomic mass is 19.4. The van der Waals surface area contributed by atoms with E-state index >= 15 is 0 Å². The van der Waals surface area contributed by atoms with Crippen molar-refractivity contribution in [1.82, 2.24) is 20.1 Å². The fourth-order valence-electron chi connectivity index (χ4n) is 3.62. The zero-order chi connectivity index (χ0) is 21.8. The average molecular weight is 430 g/mol. The first kappa shape index (κ1) is 20.9. The Morgan fingerprint density at radius 2 is 2.10 bits per heavy atom. The topological polar surface area (TPSA) is 71.1 Å². The lowest BCUT2D eigenvalue weighted by Crippen LogP contribution is -2.28. The lowest BCUT2D eigenvalue weighted by atomic mass is 10.0. The van der Waals surface area contributed by atoms with Crippen molar-refractivity contribution >= 4 is 5.91 Å². The van der Waals surface area contributed by atoms with Crippen LogP contribution in [-0.4, -0.2) is 45.7 Å². The Morgan fingerprint density at radius 1 is 1.23 bits per heavy atom. The Morgan fingerprint density at radius 3 is 2.87 bits per heavy atom. The number of H-pyrrole nitrogens is 1. The number of carbonyl (C=O) groups excluding carboxylic acids is 1. The molecule has 2 aromatic heterocycles. The fraction of sp³-hybridized carbons (Fsp3) is 0.318. The van der Waals surface area contributed by atoms with Crippen molar-refractivity contribution < 1.29 is 22.7 Å². The van der Waals surface area contributed by atoms with Crippen molar-refractivity contribution in [3.8, 4) is 5.75 Å². The molecule has 4 rings (SSSR count). The predicted octanol–water partition coefficient (Wildman–Crippen LogP) is 4.07. The quantitative estimate of drug-likeness (QED) is 0.640. The maximum absolute atomic E-state index is 12.8. The molecule has 1 atom stereocenters. The first-order valence-electron chi connectivity index (χ1n) is 9.94. The Hall–Kier alpha value is -3.36. The summed E-state index contributed by atoms with van der Waals surface area (Å²) in [6, 6.07) is 10.2. The molecular formula is C22H21F3N4O2. The number of hydrogen-bond acceptors (Lipinski definition) is 4. The Balaban J connectivity index is 1.30. The Bertz CT molecular complexity index is 1040. The van der Waals surface area contributed by atoms with Crippen LogP contribution in [0.5, 0.6) is 5.75 Å². The SMILES string of the molecule is O=C(c1cccnc1)N1CC[C@H](c2cc(CCOc3cccc(C(F)(F)F)c3)[nH]n2)C1. The number of carbonyl (C=O) groups is 1. The number of likely N-dealkylation sites (tertiary alicyclic amines) is 1. The summed E-state index contributed by atoms with van der Waals surface area (Å²) in [5, 5.41) is 7.31. The van der Waals surface area contributed by atoms with Crippen LogP contribution in [0.25, 0.3) is 0 Å². The number of nitrogens with zero attached hydrogens (tertiary/aromatic N) is 3. The second kappa shape index (κ2) is 8.79. The van der Waals surface area contributed by atoms with Crippen LogP contribution in [0.4, 0.5) is 13.2 Å². The summed E-state index contributed by atoms with van der Waals surface area (Å²) in [7, 11) is 0. The van der Waals surface area contributed by atoms with E-state index < -0.39 is 11.7 Å². The highest BCUT2D eigenvalue weighted by Gasteiger charge is 2.31. The summed E-state index contributed by atoms with van der Waals surface area (Å²) < 4.78 is 43.8. The van der Waals surface area contributed by atoms with E-state index in [2.05, 4.69) is 15.2 Å². The van der Waals surface area contributed by atoms with Crippen molar-refractivity contribution in [1.29, 1.82) is 0 Å². The van der Waals surface area contributed by atoms with Crippen LogP contribution in [0.15, 0.2) is 54.9 Å². The first-order chi connectivity index (χ1) is 14.9. The number of halogens is 3. The largest absolute Gasteiger partial charge is 0.493 e. The van der Waals surface area contributed by atoms with E-state index in [0.717, 1.165) is 29.9 Å². The summed E-state index contributed by atoms with van der Waals surface area (Å²) in [6.07, 6.45) is 0.0921. The number of ether oxygens (including phenoxy) is 1. The minimum absolute atomic E-state index is 0.0409. The summed E-state index contributed by atoms with van der Waals surface area (Å²) in [5.41, 5.74) is 1.53. The van der Waals surface area contributed by atoms with Crippen molar-refractivity contribution in [2.45, 2.75) is 24.9 Å². The summed E-state index contributed by atoms with van der Waals surface area (Å²) in [4.78, 5) is 18.4. The molecule has 0 spiro atoms. The van der Waals surface area contributed by atoms with Crippen LogP contribution in [-0.2, 0) is 12.6 Å². The van der Waals surface area contributed by atoms with Gasteiger partial charge < -0.3 is 9.64 Å². The molecule has 0 unspecified atom stereocenters. The maximum atomic E-state index is 12.8. The van der Waals surface area contributed by atoms with Crippen molar-refractivity contribution in [3.05, 3.63) is 77.4 Å². The van der Waals surface area contributed by atoms with Gasteiger partial charge >= 0.3 is 6.18 Å². The molecule has 0 saturated carbocycles. The summed E-state index contributed by atoms with van der Waals surface area (Å²) in [6.45, 7) is 1.46. The molecule has 0 bridgehead atoms. The standard InChI is InChI=1S/C22H21F3N4O2/c23-22(24,25)17-4-1-5-19(11-17)31-10-7-18-12-20(28-27-18)16-6-9-29(14-16)21(30)15-3-2-8-26-13-15/h1-5,8,11-13,16H,6-7,9-10,14H2,(H,27,28)/t16-/m0/s1. The van der Waals surface area contributed by atoms with Gasteiger partial charge in [0.1, 0.15) is 5.75 Å². The zero-order valence-electron chi connectivity index (χ0n) is 16.6. The van der Waals surface area contributed by atoms with Crippen molar-refractivity contribution in [2.75, 3.05) is 19.7 Å². The molecule has 162 valence electrons. The number of aromatic nitrogens is 3. The van der Waals surface area contributed by atoms with E-state index in [1.165, 1.54) is 12.1 Å². The normalized spacial score (nSPS) is 16.5. The molecular weight excluding hydrogens is 409 g/mol. The molecule has 31 heavy (non-hydrogen) atoms. The van der Waals surface area contributed by atoms with E-state index in [9.17, 15) is 18.0 Å². The van der Waals surface area contributed by atoms with E-state index in [1.54, 1.807) is 29.4 Å². The lowest BCUT2D eigenvalue weighted by molar-refractivity contribution is -0.137. The highest BCUT2D eigenvalue weighted by Crippen LogP contribution is 2.31. The second-order valence-electron chi connectivity index (χ2n) is 7.42. The van der Waals surface area contributed by atoms with E-state index in [1.807, 2.05) is 6.07 Å². The van der Waals surface area contributed by atoms with Gasteiger partial charge in [-0.05, 0) is 42.8 Å². The molecule has 1 aliphatic heterocycles. The smallest absolute Gasteiger partial charge is 0.416 e. The van der Waals surface area contributed by atoms with Gasteiger partial charge in [-0.2, -0.15) is 18.3 Å². The Labute approximate surface area is 177 Å². The van der Waals surface area contributed by atoms with Gasteiger partial charge in [0.2, 0.25) is 0 Å². The summed E-state index contributed by atoms with van der Waals surface area (Å²) >= 11 is 0. The molecule has 0 aliphatic carbocycles. The average Bonchev–Trinajstić information content (AvgIpc) is 3.43. The third-order valence-corrected chi connectivity index (χ3v) is 5.25. The van der Waals surface area contributed by atoms with Crippen molar-refractivity contribution in [3.63, 3.8) is 0 Å². The minimum Gasteiger partial charge on any atom is -0.493 e. The van der Waals surface area contributed by atoms with Gasteiger partial charge in [-0.3, -0.25) is 14.9 Å². The van der Waals surface area contributed by atoms with Gasteiger partial charge in [0.25, 0.3) is 5.91 Å². The predicted molar refractivity (Wildman–Crippen MR) is 107 cm³/mol. The minimum atomic E-state index is -4.40. The van der Waals surface area contributed by atoms with Gasteiger partial charge in [0.15, 0.2) is 0 Å². The van der Waals surface area contributed by atoms with E-state index in [-0.39, 0.29) is 24.2 Å². The monoisotopic (exact) mass is 430 g/mol. The van der Waals surface area contributed by atoms with Gasteiger partial charge in [-0.1, -0.05) is 6.07 Å². The molecule has 1 saturated heterocycles. The van der Waals surface area contributed by atoms with Crippen LogP contribution in [0.2, 0.25) is 0 Å². The number of hydrogen-bond donors (Lipinski definition) is 1. The third-order valence-electron chi connectivity index (χ3n) is 5.25. The molecule has 1 aliphatic rings. The number of amides is 1. The van der Waals surface area contributed by atoms with Gasteiger partial charge in [0.05, 0.1) is 23.4 Å². The maximum Gasteiger partial charge on any atom is 0.416 e. The molecule has 0 radical (unpaired) electrons. The Kier molecular flexibility index (Phi) is 5.92. The van der Waals surface area contributed by atoms with Gasteiger partial charge in [-0.15, -0.1) is 0 Å². The molecule has 3 heterocycles. The number of pyridine rings is 1. The number of rotatable bonds is 6. The van der Waals surface area contributed by atoms with E-state index in [4.69, 9.17) is 4.74 Å². The van der Waals surface area contributed by atoms with E-state index in [0.29, 0.717) is 25.1 Å². The number of aromatic amines is 1. The fourth-order valence-corrected chi connectivity index (χ4v) is 3.62. The van der Waals surface area contributed by atoms with Crippen LogP contribution < -0.4 is 4.74 Å². The second-order valence-corrected chi connectivity index (χ2v) is 7.42. The number of nitrogens with one attached hydrogen (secondary N) is 1. The molecule has 1 N–H and O–H groups in total. The number of alkyl halides is 3. The first-order valence-corrected chi connectivity index (χ1v) is 9.94. The van der Waals surface area contributed by atoms with Crippen molar-refractivity contribution in [2.24, 2.45) is 0 Å².